The molecule has 2 aromatic carbocycles. The number of ether oxygens (including phenoxy) is 2. The van der Waals surface area contributed by atoms with Gasteiger partial charge in [-0.3, -0.25) is 0 Å². The van der Waals surface area contributed by atoms with Crippen LogP contribution >= 0.6 is 11.8 Å². The number of benzene rings is 2. The number of aliphatic hydroxyl groups excluding tert-OH is 1. The van der Waals surface area contributed by atoms with Gasteiger partial charge in [-0.1, -0.05) is 45.7 Å². The van der Waals surface area contributed by atoms with Gasteiger partial charge in [0, 0.05) is 22.0 Å². The van der Waals surface area contributed by atoms with Gasteiger partial charge in [0.2, 0.25) is 6.79 Å². The van der Waals surface area contributed by atoms with Gasteiger partial charge < -0.3 is 14.6 Å². The van der Waals surface area contributed by atoms with Crippen LogP contribution in [-0.2, 0) is 0 Å². The zero-order valence-electron chi connectivity index (χ0n) is 17.5. The van der Waals surface area contributed by atoms with E-state index in [2.05, 4.69) is 13.8 Å². The fourth-order valence-electron chi connectivity index (χ4n) is 4.10. The minimum atomic E-state index is -0.394. The highest BCUT2D eigenvalue weighted by Crippen LogP contribution is 2.48. The normalized spacial score (nSPS) is 24.9. The molecule has 0 saturated heterocycles. The summed E-state index contributed by atoms with van der Waals surface area (Å²) in [5.74, 6) is 2.40. The van der Waals surface area contributed by atoms with E-state index in [9.17, 15) is 9.50 Å². The second-order valence-corrected chi connectivity index (χ2v) is 8.89. The lowest BCUT2D eigenvalue weighted by Gasteiger charge is -2.38. The molecule has 0 saturated carbocycles. The maximum absolute atomic E-state index is 13.5. The second-order valence-electron chi connectivity index (χ2n) is 7.88. The van der Waals surface area contributed by atoms with E-state index in [1.54, 1.807) is 17.8 Å². The molecular formula is C24H31FO3S. The lowest BCUT2D eigenvalue weighted by atomic mass is 9.71. The Labute approximate surface area is 177 Å². The molecule has 0 bridgehead atoms. The van der Waals surface area contributed by atoms with Crippen LogP contribution < -0.4 is 9.47 Å². The summed E-state index contributed by atoms with van der Waals surface area (Å²) in [6.07, 6.45) is 3.92. The first-order valence-electron chi connectivity index (χ1n) is 10.5. The Bertz CT molecular complexity index is 789. The summed E-state index contributed by atoms with van der Waals surface area (Å²) in [6, 6.07) is 12.6. The molecule has 0 spiro atoms. The SMILES string of the molecule is CCCCC1(CC)CSc2ccc(F)cc2[C@@H](C)[C@H]1O.c1ccc2c(c1)OCO2. The summed E-state index contributed by atoms with van der Waals surface area (Å²) >= 11 is 1.78. The molecule has 29 heavy (non-hydrogen) atoms. The first kappa shape index (κ1) is 22.0. The zero-order valence-corrected chi connectivity index (χ0v) is 18.3. The number of thioether (sulfide) groups is 1. The van der Waals surface area contributed by atoms with Crippen LogP contribution in [0.4, 0.5) is 4.39 Å². The summed E-state index contributed by atoms with van der Waals surface area (Å²) < 4.78 is 23.7. The van der Waals surface area contributed by atoms with Crippen molar-refractivity contribution in [1.29, 1.82) is 0 Å². The van der Waals surface area contributed by atoms with Crippen molar-refractivity contribution in [3.8, 4) is 11.5 Å². The number of para-hydroxylation sites is 2. The Morgan fingerprint density at radius 2 is 1.83 bits per heavy atom. The molecule has 4 rings (SSSR count). The molecule has 2 aliphatic heterocycles. The molecule has 3 atom stereocenters. The number of unbranched alkanes of at least 4 members (excludes halogenated alkanes) is 1. The second kappa shape index (κ2) is 9.86. The lowest BCUT2D eigenvalue weighted by molar-refractivity contribution is 0.0133. The van der Waals surface area contributed by atoms with Crippen molar-refractivity contribution in [2.45, 2.75) is 63.4 Å². The maximum Gasteiger partial charge on any atom is 0.231 e. The molecule has 1 N–H and O–H groups in total. The quantitative estimate of drug-likeness (QED) is 0.624. The summed E-state index contributed by atoms with van der Waals surface area (Å²) in [5.41, 5.74) is 0.921. The third-order valence-corrected chi connectivity index (χ3v) is 7.49. The Balaban J connectivity index is 0.000000220. The predicted molar refractivity (Wildman–Crippen MR) is 116 cm³/mol. The van der Waals surface area contributed by atoms with Gasteiger partial charge >= 0.3 is 0 Å². The van der Waals surface area contributed by atoms with Gasteiger partial charge in [-0.05, 0) is 48.7 Å². The monoisotopic (exact) mass is 418 g/mol. The highest BCUT2D eigenvalue weighted by atomic mass is 32.2. The Hall–Kier alpha value is -1.72. The van der Waals surface area contributed by atoms with Gasteiger partial charge in [-0.2, -0.15) is 0 Å². The molecular weight excluding hydrogens is 387 g/mol. The molecule has 5 heteroatoms. The summed E-state index contributed by atoms with van der Waals surface area (Å²) in [4.78, 5) is 1.13. The highest BCUT2D eigenvalue weighted by Gasteiger charge is 2.42. The lowest BCUT2D eigenvalue weighted by Crippen LogP contribution is -2.39. The van der Waals surface area contributed by atoms with Gasteiger partial charge in [-0.15, -0.1) is 11.8 Å². The smallest absolute Gasteiger partial charge is 0.231 e. The molecule has 2 aromatic rings. The third kappa shape index (κ3) is 4.89. The van der Waals surface area contributed by atoms with Gasteiger partial charge in [0.25, 0.3) is 0 Å². The van der Waals surface area contributed by atoms with Crippen molar-refractivity contribution in [2.75, 3.05) is 12.5 Å². The molecule has 3 nitrogen and oxygen atoms in total. The summed E-state index contributed by atoms with van der Waals surface area (Å²) in [6.45, 7) is 6.75. The van der Waals surface area contributed by atoms with Gasteiger partial charge in [0.05, 0.1) is 6.10 Å². The number of hydrogen-bond donors (Lipinski definition) is 1. The van der Waals surface area contributed by atoms with Gasteiger partial charge in [-0.25, -0.2) is 4.39 Å². The average Bonchev–Trinajstić information content (AvgIpc) is 3.20. The van der Waals surface area contributed by atoms with Crippen LogP contribution in [0.2, 0.25) is 0 Å². The van der Waals surface area contributed by atoms with Crippen LogP contribution in [-0.4, -0.2) is 23.8 Å². The molecule has 0 aromatic heterocycles. The van der Waals surface area contributed by atoms with Crippen molar-refractivity contribution < 1.29 is 19.0 Å². The molecule has 0 aliphatic carbocycles. The van der Waals surface area contributed by atoms with E-state index in [0.29, 0.717) is 6.79 Å². The molecule has 0 radical (unpaired) electrons. The fraction of sp³-hybridized carbons (Fsp3) is 0.500. The maximum atomic E-state index is 13.5. The summed E-state index contributed by atoms with van der Waals surface area (Å²) in [5, 5.41) is 10.9. The van der Waals surface area contributed by atoms with Crippen molar-refractivity contribution in [3.63, 3.8) is 0 Å². The molecule has 1 unspecified atom stereocenters. The largest absolute Gasteiger partial charge is 0.454 e. The van der Waals surface area contributed by atoms with E-state index >= 15 is 0 Å². The first-order valence-corrected chi connectivity index (χ1v) is 11.4. The third-order valence-electron chi connectivity index (χ3n) is 6.09. The number of halogens is 1. The Morgan fingerprint density at radius 3 is 2.45 bits per heavy atom. The first-order chi connectivity index (χ1) is 14.0. The van der Waals surface area contributed by atoms with E-state index in [4.69, 9.17) is 9.47 Å². The Kier molecular flexibility index (Phi) is 7.47. The highest BCUT2D eigenvalue weighted by molar-refractivity contribution is 7.99. The van der Waals surface area contributed by atoms with Crippen LogP contribution in [0.5, 0.6) is 11.5 Å². The van der Waals surface area contributed by atoms with Crippen molar-refractivity contribution in [2.24, 2.45) is 5.41 Å². The van der Waals surface area contributed by atoms with Gasteiger partial charge in [0.1, 0.15) is 5.82 Å². The molecule has 2 aliphatic rings. The van der Waals surface area contributed by atoms with E-state index in [1.165, 1.54) is 6.07 Å². The van der Waals surface area contributed by atoms with Crippen LogP contribution in [0, 0.1) is 11.2 Å². The van der Waals surface area contributed by atoms with Crippen LogP contribution in [0.1, 0.15) is 57.9 Å². The summed E-state index contributed by atoms with van der Waals surface area (Å²) in [7, 11) is 0. The topological polar surface area (TPSA) is 38.7 Å². The fourth-order valence-corrected chi connectivity index (χ4v) is 5.63. The predicted octanol–water partition coefficient (Wildman–Crippen LogP) is 6.40. The van der Waals surface area contributed by atoms with E-state index in [0.717, 1.165) is 53.4 Å². The minimum absolute atomic E-state index is 0.00694. The minimum Gasteiger partial charge on any atom is -0.454 e. The zero-order chi connectivity index (χ0) is 20.9. The van der Waals surface area contributed by atoms with Crippen molar-refractivity contribution in [3.05, 3.63) is 53.8 Å². The molecule has 0 fully saturated rings. The molecule has 0 amide bonds. The van der Waals surface area contributed by atoms with Crippen molar-refractivity contribution in [1.82, 2.24) is 0 Å². The number of fused-ring (bicyclic) bond motifs is 2. The van der Waals surface area contributed by atoms with Crippen LogP contribution in [0.15, 0.2) is 47.4 Å². The molecule has 2 heterocycles. The van der Waals surface area contributed by atoms with E-state index < -0.39 is 6.10 Å². The van der Waals surface area contributed by atoms with Crippen molar-refractivity contribution >= 4 is 11.8 Å². The van der Waals surface area contributed by atoms with Crippen LogP contribution in [0.25, 0.3) is 0 Å². The van der Waals surface area contributed by atoms with Crippen LogP contribution in [0.3, 0.4) is 0 Å². The average molecular weight is 419 g/mol. The number of rotatable bonds is 4. The van der Waals surface area contributed by atoms with E-state index in [-0.39, 0.29) is 17.2 Å². The molecule has 158 valence electrons. The van der Waals surface area contributed by atoms with Gasteiger partial charge in [0.15, 0.2) is 11.5 Å². The Morgan fingerprint density at radius 1 is 1.14 bits per heavy atom. The number of aliphatic hydroxyl groups is 1. The number of hydrogen-bond acceptors (Lipinski definition) is 4. The standard InChI is InChI=1S/C17H25FOS.C7H6O2/c1-4-6-9-17(5-2)11-20-15-8-7-13(18)10-14(15)12(3)16(17)19;1-2-4-7-6(3-1)8-5-9-7/h7-8,10,12,16,19H,4-6,9,11H2,1-3H3;1-4H,5H2/t12-,16-,17?;/m1./s1. The van der Waals surface area contributed by atoms with E-state index in [1.807, 2.05) is 37.3 Å².